The van der Waals surface area contributed by atoms with E-state index in [0.717, 1.165) is 5.39 Å². The van der Waals surface area contributed by atoms with Crippen molar-refractivity contribution >= 4 is 30.4 Å². The lowest BCUT2D eigenvalue weighted by Crippen LogP contribution is -2.32. The third-order valence-electron chi connectivity index (χ3n) is 2.62. The molecule has 4 nitrogen and oxygen atoms in total. The highest BCUT2D eigenvalue weighted by Gasteiger charge is 2.20. The van der Waals surface area contributed by atoms with Crippen LogP contribution in [0.3, 0.4) is 0 Å². The molecule has 0 unspecified atom stereocenters. The fourth-order valence-electron chi connectivity index (χ4n) is 1.84. The molecular formula is C14H16BNO3. The van der Waals surface area contributed by atoms with Gasteiger partial charge in [0.25, 0.3) is 0 Å². The van der Waals surface area contributed by atoms with Crippen LogP contribution >= 0.6 is 0 Å². The second kappa shape index (κ2) is 4.65. The number of rotatable bonds is 1. The standard InChI is InChI=1S/C14H16BNO3/c1-14(2,3)19-13(17)16-11-8-10(18-4)6-5-9(11)7-12(16)15/h5-8H,1-4H3. The number of ether oxygens (including phenoxy) is 2. The molecule has 0 amide bonds. The summed E-state index contributed by atoms with van der Waals surface area (Å²) in [7, 11) is 7.46. The molecular weight excluding hydrogens is 241 g/mol. The molecule has 2 rings (SSSR count). The Balaban J connectivity index is 2.52. The van der Waals surface area contributed by atoms with E-state index in [4.69, 9.17) is 17.3 Å². The monoisotopic (exact) mass is 257 g/mol. The van der Waals surface area contributed by atoms with E-state index in [9.17, 15) is 4.79 Å². The van der Waals surface area contributed by atoms with E-state index in [0.29, 0.717) is 16.9 Å². The lowest BCUT2D eigenvalue weighted by atomic mass is 10.1. The first-order chi connectivity index (χ1) is 8.81. The summed E-state index contributed by atoms with van der Waals surface area (Å²) in [5, 5.41) is 0.865. The van der Waals surface area contributed by atoms with E-state index < -0.39 is 11.7 Å². The van der Waals surface area contributed by atoms with Gasteiger partial charge in [-0.2, -0.15) is 0 Å². The van der Waals surface area contributed by atoms with Crippen molar-refractivity contribution in [2.45, 2.75) is 26.4 Å². The van der Waals surface area contributed by atoms with Gasteiger partial charge in [0, 0.05) is 6.07 Å². The molecule has 0 spiro atoms. The van der Waals surface area contributed by atoms with Crippen molar-refractivity contribution in [2.75, 3.05) is 7.11 Å². The van der Waals surface area contributed by atoms with Gasteiger partial charge in [0.15, 0.2) is 0 Å². The maximum Gasteiger partial charge on any atom is 0.418 e. The minimum absolute atomic E-state index is 0.345. The highest BCUT2D eigenvalue weighted by atomic mass is 16.6. The molecule has 2 radical (unpaired) electrons. The summed E-state index contributed by atoms with van der Waals surface area (Å²) >= 11 is 0. The van der Waals surface area contributed by atoms with Crippen molar-refractivity contribution in [3.8, 4) is 5.75 Å². The zero-order valence-corrected chi connectivity index (χ0v) is 11.6. The first-order valence-corrected chi connectivity index (χ1v) is 6.00. The molecule has 2 aromatic rings. The second-order valence-electron chi connectivity index (χ2n) is 5.31. The van der Waals surface area contributed by atoms with E-state index in [1.807, 2.05) is 32.9 Å². The summed E-state index contributed by atoms with van der Waals surface area (Å²) in [4.78, 5) is 12.2. The average Bonchev–Trinajstić information content (AvgIpc) is 2.61. The zero-order chi connectivity index (χ0) is 14.2. The lowest BCUT2D eigenvalue weighted by molar-refractivity contribution is 0.0549. The summed E-state index contributed by atoms with van der Waals surface area (Å²) in [6.45, 7) is 5.44. The van der Waals surface area contributed by atoms with E-state index in [1.165, 1.54) is 4.57 Å². The Morgan fingerprint density at radius 1 is 1.26 bits per heavy atom. The first-order valence-electron chi connectivity index (χ1n) is 6.00. The normalized spacial score (nSPS) is 11.6. The van der Waals surface area contributed by atoms with Crippen LogP contribution in [0.25, 0.3) is 10.9 Å². The van der Waals surface area contributed by atoms with Gasteiger partial charge in [-0.05, 0) is 49.9 Å². The summed E-state index contributed by atoms with van der Waals surface area (Å²) in [6.07, 6.45) is -0.492. The molecule has 0 aliphatic heterocycles. The van der Waals surface area contributed by atoms with Crippen LogP contribution in [0.5, 0.6) is 5.75 Å². The fraction of sp³-hybridized carbons (Fsp3) is 0.357. The molecule has 1 aromatic heterocycles. The summed E-state index contributed by atoms with van der Waals surface area (Å²) in [5.41, 5.74) is 0.447. The molecule has 0 aliphatic carbocycles. The van der Waals surface area contributed by atoms with Gasteiger partial charge in [0.1, 0.15) is 19.2 Å². The molecule has 0 N–H and O–H groups in total. The SMILES string of the molecule is [B]c1cc2ccc(OC)cc2n1C(=O)OC(C)(C)C. The Morgan fingerprint density at radius 3 is 2.53 bits per heavy atom. The van der Waals surface area contributed by atoms with Crippen LogP contribution in [0.15, 0.2) is 24.3 Å². The van der Waals surface area contributed by atoms with Crippen LogP contribution < -0.4 is 10.3 Å². The number of fused-ring (bicyclic) bond motifs is 1. The van der Waals surface area contributed by atoms with E-state index in [-0.39, 0.29) is 0 Å². The van der Waals surface area contributed by atoms with Gasteiger partial charge in [-0.3, -0.25) is 4.57 Å². The van der Waals surface area contributed by atoms with Crippen LogP contribution in [0.4, 0.5) is 4.79 Å². The molecule has 1 aromatic carbocycles. The predicted octanol–water partition coefficient (Wildman–Crippen LogP) is 2.23. The van der Waals surface area contributed by atoms with Crippen LogP contribution in [-0.4, -0.2) is 31.2 Å². The van der Waals surface area contributed by atoms with Crippen molar-refractivity contribution in [3.63, 3.8) is 0 Å². The number of nitrogens with zero attached hydrogens (tertiary/aromatic N) is 1. The van der Waals surface area contributed by atoms with Gasteiger partial charge >= 0.3 is 6.09 Å². The molecule has 0 fully saturated rings. The van der Waals surface area contributed by atoms with Crippen molar-refractivity contribution < 1.29 is 14.3 Å². The van der Waals surface area contributed by atoms with E-state index in [2.05, 4.69) is 0 Å². The smallest absolute Gasteiger partial charge is 0.418 e. The summed E-state index contributed by atoms with van der Waals surface area (Å²) in [5.74, 6) is 0.662. The highest BCUT2D eigenvalue weighted by Crippen LogP contribution is 2.21. The predicted molar refractivity (Wildman–Crippen MR) is 75.5 cm³/mol. The van der Waals surface area contributed by atoms with Gasteiger partial charge in [-0.1, -0.05) is 0 Å². The third kappa shape index (κ3) is 2.75. The molecule has 1 heterocycles. The number of hydrogen-bond donors (Lipinski definition) is 0. The van der Waals surface area contributed by atoms with Gasteiger partial charge in [-0.15, -0.1) is 0 Å². The number of carbonyl (C=O) groups excluding carboxylic acids is 1. The van der Waals surface area contributed by atoms with Crippen LogP contribution in [0, 0.1) is 0 Å². The minimum Gasteiger partial charge on any atom is -0.497 e. The minimum atomic E-state index is -0.570. The number of methoxy groups -OCH3 is 1. The quantitative estimate of drug-likeness (QED) is 0.735. The molecule has 0 saturated heterocycles. The number of aromatic nitrogens is 1. The number of benzene rings is 1. The Kier molecular flexibility index (Phi) is 3.31. The third-order valence-corrected chi connectivity index (χ3v) is 2.62. The van der Waals surface area contributed by atoms with Gasteiger partial charge < -0.3 is 9.47 Å². The highest BCUT2D eigenvalue weighted by molar-refractivity contribution is 6.34. The van der Waals surface area contributed by atoms with Gasteiger partial charge in [0.05, 0.1) is 12.6 Å². The summed E-state index contributed by atoms with van der Waals surface area (Å²) < 4.78 is 11.9. The molecule has 0 aliphatic rings. The Bertz CT molecular complexity index is 625. The zero-order valence-electron chi connectivity index (χ0n) is 11.6. The van der Waals surface area contributed by atoms with Crippen LogP contribution in [-0.2, 0) is 4.74 Å². The van der Waals surface area contributed by atoms with Gasteiger partial charge in [-0.25, -0.2) is 4.79 Å². The molecule has 19 heavy (non-hydrogen) atoms. The maximum absolute atomic E-state index is 12.2. The topological polar surface area (TPSA) is 40.5 Å². The molecule has 0 saturated carbocycles. The largest absolute Gasteiger partial charge is 0.497 e. The van der Waals surface area contributed by atoms with Crippen molar-refractivity contribution in [3.05, 3.63) is 24.3 Å². The Hall–Kier alpha value is -1.91. The molecule has 0 bridgehead atoms. The van der Waals surface area contributed by atoms with Crippen molar-refractivity contribution in [1.82, 2.24) is 4.57 Å². The van der Waals surface area contributed by atoms with Gasteiger partial charge in [0.2, 0.25) is 0 Å². The Morgan fingerprint density at radius 2 is 1.95 bits per heavy atom. The van der Waals surface area contributed by atoms with Crippen LogP contribution in [0.1, 0.15) is 20.8 Å². The molecule has 0 atom stereocenters. The second-order valence-corrected chi connectivity index (χ2v) is 5.31. The average molecular weight is 257 g/mol. The maximum atomic E-state index is 12.2. The lowest BCUT2D eigenvalue weighted by Gasteiger charge is -2.20. The summed E-state index contributed by atoms with van der Waals surface area (Å²) in [6, 6.07) is 7.17. The van der Waals surface area contributed by atoms with Crippen LogP contribution in [0.2, 0.25) is 0 Å². The van der Waals surface area contributed by atoms with E-state index >= 15 is 0 Å². The van der Waals surface area contributed by atoms with Crippen molar-refractivity contribution in [2.24, 2.45) is 0 Å². The molecule has 5 heteroatoms. The number of carbonyl (C=O) groups is 1. The van der Waals surface area contributed by atoms with Crippen molar-refractivity contribution in [1.29, 1.82) is 0 Å². The first kappa shape index (κ1) is 13.5. The Labute approximate surface area is 113 Å². The molecule has 98 valence electrons. The number of hydrogen-bond acceptors (Lipinski definition) is 3. The van der Waals surface area contributed by atoms with E-state index in [1.54, 1.807) is 19.2 Å². The fourth-order valence-corrected chi connectivity index (χ4v) is 1.84.